The van der Waals surface area contributed by atoms with Crippen molar-refractivity contribution in [2.24, 2.45) is 0 Å². The quantitative estimate of drug-likeness (QED) is 0.127. The molecule has 0 saturated heterocycles. The first kappa shape index (κ1) is 37.5. The molecule has 0 aromatic heterocycles. The molecule has 6 aromatic carbocycles. The van der Waals surface area contributed by atoms with Crippen LogP contribution in [0.5, 0.6) is 0 Å². The van der Waals surface area contributed by atoms with Gasteiger partial charge in [0.1, 0.15) is 0 Å². The minimum absolute atomic E-state index is 0.492. The van der Waals surface area contributed by atoms with Gasteiger partial charge in [0.15, 0.2) is 0 Å². The predicted molar refractivity (Wildman–Crippen MR) is 243 cm³/mol. The fraction of sp³-hybridized carbons (Fsp3) is 0.259. The summed E-state index contributed by atoms with van der Waals surface area (Å²) in [6.45, 7) is 18.6. The summed E-state index contributed by atoms with van der Waals surface area (Å²) >= 11 is -2.84. The topological polar surface area (TPSA) is 0 Å². The molecular formula is C54H55SiZr. The number of hydrogen-bond donors (Lipinski definition) is 0. The van der Waals surface area contributed by atoms with Gasteiger partial charge in [0.2, 0.25) is 0 Å². The second kappa shape index (κ2) is 15.0. The Hall–Kier alpha value is -4.10. The first-order valence-corrected chi connectivity index (χ1v) is 26.6. The standard InChI is InChI=1S/2C21H23.C12H9Si.Zr/c2*1-5-7-17-12-18-8-6-9-20(21(18)13-17)19-11-10-14(2)15(3)16(19)4;1-3-7-11-9(5-1)10-6-2-4-8-12(10)13-11;/h2*6,8-13H,5,7H2,1-4H3;1-7H,13H2;. The Morgan fingerprint density at radius 1 is 0.464 bits per heavy atom. The summed E-state index contributed by atoms with van der Waals surface area (Å²) < 4.78 is 2.78. The van der Waals surface area contributed by atoms with Crippen LogP contribution in [0.25, 0.3) is 45.5 Å². The first-order valence-electron chi connectivity index (χ1n) is 21.1. The number of aryl methyl sites for hydroxylation is 2. The average Bonchev–Trinajstić information content (AvgIpc) is 3.89. The molecule has 0 nitrogen and oxygen atoms in total. The van der Waals surface area contributed by atoms with Crippen molar-refractivity contribution >= 4 is 35.3 Å². The first-order chi connectivity index (χ1) is 27.2. The van der Waals surface area contributed by atoms with Crippen molar-refractivity contribution < 1.29 is 21.8 Å². The molecule has 0 bridgehead atoms. The second-order valence-corrected chi connectivity index (χ2v) is 25.1. The molecule has 3 aliphatic rings. The van der Waals surface area contributed by atoms with Gasteiger partial charge in [-0.15, -0.1) is 0 Å². The van der Waals surface area contributed by atoms with E-state index in [2.05, 4.69) is 171 Å². The van der Waals surface area contributed by atoms with Gasteiger partial charge in [-0.2, -0.15) is 0 Å². The van der Waals surface area contributed by atoms with E-state index >= 15 is 0 Å². The normalized spacial score (nSPS) is 16.7. The summed E-state index contributed by atoms with van der Waals surface area (Å²) in [4.78, 5) is 0. The SMILES string of the molecule is CCCC1=Cc2c(-c3ccc(C)c(C)c3C)cccc2[CH]1[Zr]([c]1cccc2c1[SiH2]c1ccccc1-2)[CH]1C(CCC)=Cc2c(-c3ccc(C)c(C)c3C)cccc21. The van der Waals surface area contributed by atoms with Gasteiger partial charge in [-0.25, -0.2) is 0 Å². The van der Waals surface area contributed by atoms with Gasteiger partial charge in [-0.1, -0.05) is 0 Å². The van der Waals surface area contributed by atoms with Crippen LogP contribution in [0.4, 0.5) is 0 Å². The van der Waals surface area contributed by atoms with Crippen molar-refractivity contribution in [3.05, 3.63) is 170 Å². The minimum atomic E-state index is -2.84. The van der Waals surface area contributed by atoms with Crippen LogP contribution in [0.3, 0.4) is 0 Å². The summed E-state index contributed by atoms with van der Waals surface area (Å²) in [6.07, 6.45) is 10.1. The molecule has 2 unspecified atom stereocenters. The fourth-order valence-corrected chi connectivity index (χ4v) is 24.6. The third kappa shape index (κ3) is 6.01. The van der Waals surface area contributed by atoms with E-state index in [0.717, 1.165) is 12.8 Å². The Morgan fingerprint density at radius 2 is 0.946 bits per heavy atom. The Balaban J connectivity index is 1.31. The molecule has 2 heteroatoms. The predicted octanol–water partition coefficient (Wildman–Crippen LogP) is 12.1. The molecule has 0 radical (unpaired) electrons. The summed E-state index contributed by atoms with van der Waals surface area (Å²) in [7, 11) is -0.610. The van der Waals surface area contributed by atoms with Crippen LogP contribution in [-0.4, -0.2) is 9.52 Å². The monoisotopic (exact) mass is 821 g/mol. The van der Waals surface area contributed by atoms with Crippen molar-refractivity contribution in [2.75, 3.05) is 0 Å². The van der Waals surface area contributed by atoms with E-state index in [1.165, 1.54) is 85.2 Å². The van der Waals surface area contributed by atoms with Crippen LogP contribution in [0.15, 0.2) is 114 Å². The molecule has 2 aliphatic carbocycles. The van der Waals surface area contributed by atoms with E-state index in [-0.39, 0.29) is 0 Å². The van der Waals surface area contributed by atoms with Crippen LogP contribution in [-0.2, 0) is 21.8 Å². The zero-order valence-electron chi connectivity index (χ0n) is 34.7. The molecule has 1 aliphatic heterocycles. The van der Waals surface area contributed by atoms with E-state index in [1.54, 1.807) is 41.5 Å². The molecule has 9 rings (SSSR count). The van der Waals surface area contributed by atoms with Gasteiger partial charge in [0.25, 0.3) is 0 Å². The maximum absolute atomic E-state index is 2.84. The molecule has 0 amide bonds. The number of benzene rings is 6. The van der Waals surface area contributed by atoms with Crippen LogP contribution in [0.2, 0.25) is 0 Å². The summed E-state index contributed by atoms with van der Waals surface area (Å²) in [5.74, 6) is 0. The number of allylic oxidation sites excluding steroid dienone is 2. The Kier molecular flexibility index (Phi) is 10.0. The van der Waals surface area contributed by atoms with E-state index in [4.69, 9.17) is 0 Å². The number of rotatable bonds is 9. The Labute approximate surface area is 346 Å². The van der Waals surface area contributed by atoms with E-state index < -0.39 is 31.3 Å². The molecule has 2 atom stereocenters. The van der Waals surface area contributed by atoms with Gasteiger partial charge in [0.05, 0.1) is 0 Å². The summed E-state index contributed by atoms with van der Waals surface area (Å²) in [5.41, 5.74) is 26.7. The van der Waals surface area contributed by atoms with Gasteiger partial charge >= 0.3 is 349 Å². The second-order valence-electron chi connectivity index (χ2n) is 16.9. The van der Waals surface area contributed by atoms with E-state index in [0.29, 0.717) is 7.25 Å². The van der Waals surface area contributed by atoms with Crippen molar-refractivity contribution in [1.29, 1.82) is 0 Å². The molecular weight excluding hydrogens is 768 g/mol. The molecule has 1 heterocycles. The molecule has 0 saturated carbocycles. The van der Waals surface area contributed by atoms with Crippen LogP contribution < -0.4 is 13.6 Å². The molecule has 0 spiro atoms. The van der Waals surface area contributed by atoms with E-state index in [1.807, 2.05) is 0 Å². The van der Waals surface area contributed by atoms with E-state index in [9.17, 15) is 0 Å². The zero-order chi connectivity index (χ0) is 38.8. The van der Waals surface area contributed by atoms with Gasteiger partial charge in [-0.05, 0) is 0 Å². The summed E-state index contributed by atoms with van der Waals surface area (Å²) in [5, 5.41) is 3.39. The summed E-state index contributed by atoms with van der Waals surface area (Å²) in [6, 6.07) is 41.1. The number of fused-ring (bicyclic) bond motifs is 5. The molecule has 6 aromatic rings. The fourth-order valence-electron chi connectivity index (χ4n) is 10.5. The van der Waals surface area contributed by atoms with Crippen LogP contribution in [0, 0.1) is 41.5 Å². The third-order valence-electron chi connectivity index (χ3n) is 13.9. The molecule has 56 heavy (non-hydrogen) atoms. The maximum atomic E-state index is 2.69. The third-order valence-corrected chi connectivity index (χ3v) is 25.9. The average molecular weight is 823 g/mol. The van der Waals surface area contributed by atoms with Crippen molar-refractivity contribution in [3.63, 3.8) is 0 Å². The van der Waals surface area contributed by atoms with Crippen molar-refractivity contribution in [1.82, 2.24) is 0 Å². The van der Waals surface area contributed by atoms with Crippen molar-refractivity contribution in [2.45, 2.75) is 88.3 Å². The molecule has 0 fully saturated rings. The van der Waals surface area contributed by atoms with Gasteiger partial charge < -0.3 is 0 Å². The van der Waals surface area contributed by atoms with Crippen molar-refractivity contribution in [3.8, 4) is 33.4 Å². The Bertz CT molecular complexity index is 2480. The van der Waals surface area contributed by atoms with Gasteiger partial charge in [-0.3, -0.25) is 0 Å². The van der Waals surface area contributed by atoms with Crippen LogP contribution in [0.1, 0.15) is 102 Å². The van der Waals surface area contributed by atoms with Crippen LogP contribution >= 0.6 is 0 Å². The zero-order valence-corrected chi connectivity index (χ0v) is 38.5. The molecule has 0 N–H and O–H groups in total. The Morgan fingerprint density at radius 3 is 1.48 bits per heavy atom. The molecule has 279 valence electrons. The number of hydrogen-bond acceptors (Lipinski definition) is 0. The van der Waals surface area contributed by atoms with Gasteiger partial charge in [0, 0.05) is 0 Å².